The van der Waals surface area contributed by atoms with Gasteiger partial charge in [-0.25, -0.2) is 14.2 Å². The largest absolute Gasteiger partial charge is 0.465 e. The first kappa shape index (κ1) is 22.9. The van der Waals surface area contributed by atoms with E-state index < -0.39 is 17.2 Å². The van der Waals surface area contributed by atoms with Crippen molar-refractivity contribution in [2.75, 3.05) is 18.1 Å². The number of benzene rings is 1. The lowest BCUT2D eigenvalue weighted by molar-refractivity contribution is 0.0513. The number of ether oxygens (including phenoxy) is 1. The highest BCUT2D eigenvalue weighted by molar-refractivity contribution is 8.13. The van der Waals surface area contributed by atoms with Crippen molar-refractivity contribution in [3.8, 4) is 0 Å². The van der Waals surface area contributed by atoms with Crippen LogP contribution in [0.3, 0.4) is 0 Å². The SMILES string of the molecule is CCCCOC1CC2CSC(N(C(=O)O)C(C)(C)C)=NC2(c2cc(N)ccc2F)C1. The van der Waals surface area contributed by atoms with E-state index in [1.807, 2.05) is 20.8 Å². The molecule has 0 radical (unpaired) electrons. The molecule has 0 saturated heterocycles. The molecular weight excluding hydrogens is 405 g/mol. The Bertz CT molecular complexity index is 826. The smallest absolute Gasteiger partial charge is 0.413 e. The minimum atomic E-state index is -1.07. The molecule has 3 N–H and O–H groups in total. The lowest BCUT2D eigenvalue weighted by Crippen LogP contribution is -2.50. The second-order valence-electron chi connectivity index (χ2n) is 9.14. The van der Waals surface area contributed by atoms with Crippen molar-refractivity contribution >= 4 is 28.7 Å². The molecular formula is C22H32FN3O3S. The van der Waals surface area contributed by atoms with Gasteiger partial charge in [0.15, 0.2) is 5.17 Å². The van der Waals surface area contributed by atoms with Crippen molar-refractivity contribution in [1.82, 2.24) is 4.90 Å². The van der Waals surface area contributed by atoms with E-state index in [-0.39, 0.29) is 17.8 Å². The number of rotatable bonds is 5. The molecule has 1 aromatic carbocycles. The van der Waals surface area contributed by atoms with Crippen molar-refractivity contribution in [2.24, 2.45) is 10.9 Å². The van der Waals surface area contributed by atoms with Gasteiger partial charge in [-0.3, -0.25) is 4.90 Å². The Morgan fingerprint density at radius 3 is 2.83 bits per heavy atom. The highest BCUT2D eigenvalue weighted by Gasteiger charge is 2.53. The number of carbonyl (C=O) groups is 1. The number of amides is 1. The zero-order valence-corrected chi connectivity index (χ0v) is 19.0. The van der Waals surface area contributed by atoms with Crippen LogP contribution in [-0.4, -0.2) is 45.3 Å². The Labute approximate surface area is 182 Å². The molecule has 0 spiro atoms. The van der Waals surface area contributed by atoms with Crippen LogP contribution in [0, 0.1) is 11.7 Å². The molecule has 3 unspecified atom stereocenters. The molecule has 0 aromatic heterocycles. The summed E-state index contributed by atoms with van der Waals surface area (Å²) >= 11 is 1.42. The van der Waals surface area contributed by atoms with Gasteiger partial charge in [0.25, 0.3) is 0 Å². The van der Waals surface area contributed by atoms with Gasteiger partial charge in [-0.2, -0.15) is 0 Å². The maximum absolute atomic E-state index is 15.0. The zero-order chi connectivity index (χ0) is 22.1. The fourth-order valence-electron chi connectivity index (χ4n) is 4.39. The third kappa shape index (κ3) is 4.44. The monoisotopic (exact) mass is 437 g/mol. The number of anilines is 1. The van der Waals surface area contributed by atoms with Gasteiger partial charge in [0.05, 0.1) is 11.6 Å². The van der Waals surface area contributed by atoms with Crippen molar-refractivity contribution in [3.05, 3.63) is 29.6 Å². The number of hydrogen-bond donors (Lipinski definition) is 2. The second kappa shape index (κ2) is 8.75. The van der Waals surface area contributed by atoms with Gasteiger partial charge in [-0.1, -0.05) is 25.1 Å². The van der Waals surface area contributed by atoms with Gasteiger partial charge in [0, 0.05) is 41.5 Å². The summed E-state index contributed by atoms with van der Waals surface area (Å²) in [6.07, 6.45) is 2.19. The Kier molecular flexibility index (Phi) is 6.67. The van der Waals surface area contributed by atoms with Crippen LogP contribution in [0.1, 0.15) is 58.9 Å². The number of carboxylic acid groups (broad SMARTS) is 1. The van der Waals surface area contributed by atoms with E-state index in [4.69, 9.17) is 15.5 Å². The minimum Gasteiger partial charge on any atom is -0.465 e. The number of amidine groups is 1. The summed E-state index contributed by atoms with van der Waals surface area (Å²) in [5.41, 5.74) is 5.36. The number of nitrogens with two attached hydrogens (primary N) is 1. The number of nitrogens with zero attached hydrogens (tertiary/aromatic N) is 2. The van der Waals surface area contributed by atoms with Gasteiger partial charge in [-0.05, 0) is 51.8 Å². The minimum absolute atomic E-state index is 0.0426. The number of thioether (sulfide) groups is 1. The van der Waals surface area contributed by atoms with E-state index >= 15 is 4.39 Å². The molecule has 0 bridgehead atoms. The van der Waals surface area contributed by atoms with Crippen LogP contribution in [0.25, 0.3) is 0 Å². The molecule has 1 aromatic rings. The van der Waals surface area contributed by atoms with Crippen LogP contribution >= 0.6 is 11.8 Å². The number of aliphatic imine (C=N–C) groups is 1. The van der Waals surface area contributed by atoms with Crippen molar-refractivity contribution in [1.29, 1.82) is 0 Å². The van der Waals surface area contributed by atoms with Gasteiger partial charge in [0.2, 0.25) is 0 Å². The molecule has 2 aliphatic rings. The van der Waals surface area contributed by atoms with Crippen LogP contribution < -0.4 is 5.73 Å². The number of unbranched alkanes of at least 4 members (excludes halogenated alkanes) is 1. The first-order valence-corrected chi connectivity index (χ1v) is 11.5. The van der Waals surface area contributed by atoms with Gasteiger partial charge >= 0.3 is 6.09 Å². The molecule has 30 heavy (non-hydrogen) atoms. The molecule has 1 heterocycles. The fourth-order valence-corrected chi connectivity index (χ4v) is 5.86. The van der Waals surface area contributed by atoms with Crippen molar-refractivity contribution in [3.63, 3.8) is 0 Å². The lowest BCUT2D eigenvalue weighted by atomic mass is 9.81. The van der Waals surface area contributed by atoms with Gasteiger partial charge in [-0.15, -0.1) is 0 Å². The maximum atomic E-state index is 15.0. The number of hydrogen-bond acceptors (Lipinski definition) is 5. The third-order valence-corrected chi connectivity index (χ3v) is 6.93. The zero-order valence-electron chi connectivity index (χ0n) is 18.2. The molecule has 1 aliphatic heterocycles. The number of nitrogen functional groups attached to an aromatic ring is 1. The Morgan fingerprint density at radius 2 is 2.20 bits per heavy atom. The van der Waals surface area contributed by atoms with Gasteiger partial charge < -0.3 is 15.6 Å². The predicted molar refractivity (Wildman–Crippen MR) is 119 cm³/mol. The van der Waals surface area contributed by atoms with Crippen molar-refractivity contribution < 1.29 is 19.0 Å². The molecule has 1 aliphatic carbocycles. The fraction of sp³-hybridized carbons (Fsp3) is 0.636. The standard InChI is InChI=1S/C22H32FN3O3S/c1-5-6-9-29-16-10-14-13-30-19(26(20(27)28)21(2,3)4)25-22(14,12-16)17-11-15(24)7-8-18(17)23/h7-8,11,14,16H,5-6,9-10,12-13,24H2,1-4H3,(H,27,28). The van der Waals surface area contributed by atoms with E-state index in [0.717, 1.165) is 19.3 Å². The number of halogens is 1. The maximum Gasteiger partial charge on any atom is 0.413 e. The second-order valence-corrected chi connectivity index (χ2v) is 10.1. The van der Waals surface area contributed by atoms with E-state index in [0.29, 0.717) is 35.2 Å². The summed E-state index contributed by atoms with van der Waals surface area (Å²) in [5.74, 6) is 0.335. The van der Waals surface area contributed by atoms with Crippen LogP contribution in [0.2, 0.25) is 0 Å². The summed E-state index contributed by atoms with van der Waals surface area (Å²) in [5, 5.41) is 10.3. The van der Waals surface area contributed by atoms with Crippen LogP contribution in [0.15, 0.2) is 23.2 Å². The van der Waals surface area contributed by atoms with Crippen molar-refractivity contribution in [2.45, 2.75) is 70.6 Å². The molecule has 1 amide bonds. The average molecular weight is 438 g/mol. The summed E-state index contributed by atoms with van der Waals surface area (Å²) in [4.78, 5) is 18.3. The lowest BCUT2D eigenvalue weighted by Gasteiger charge is -2.41. The van der Waals surface area contributed by atoms with E-state index in [1.54, 1.807) is 6.07 Å². The summed E-state index contributed by atoms with van der Waals surface area (Å²) in [7, 11) is 0. The molecule has 3 atom stereocenters. The average Bonchev–Trinajstić information content (AvgIpc) is 3.01. The molecule has 8 heteroatoms. The first-order chi connectivity index (χ1) is 14.1. The van der Waals surface area contributed by atoms with E-state index in [2.05, 4.69) is 6.92 Å². The Balaban J connectivity index is 2.08. The Morgan fingerprint density at radius 1 is 1.47 bits per heavy atom. The Hall–Kier alpha value is -1.80. The van der Waals surface area contributed by atoms with E-state index in [1.165, 1.54) is 28.8 Å². The normalized spacial score (nSPS) is 26.2. The number of fused-ring (bicyclic) bond motifs is 1. The van der Waals surface area contributed by atoms with E-state index in [9.17, 15) is 9.90 Å². The quantitative estimate of drug-likeness (QED) is 0.495. The predicted octanol–water partition coefficient (Wildman–Crippen LogP) is 5.08. The van der Waals surface area contributed by atoms with Crippen LogP contribution in [0.5, 0.6) is 0 Å². The molecule has 166 valence electrons. The molecule has 3 rings (SSSR count). The topological polar surface area (TPSA) is 88.1 Å². The van der Waals surface area contributed by atoms with Crippen LogP contribution in [-0.2, 0) is 10.3 Å². The summed E-state index contributed by atoms with van der Waals surface area (Å²) < 4.78 is 21.1. The first-order valence-electron chi connectivity index (χ1n) is 10.5. The molecule has 1 saturated carbocycles. The summed E-state index contributed by atoms with van der Waals surface area (Å²) in [6, 6.07) is 4.56. The highest BCUT2D eigenvalue weighted by atomic mass is 32.2. The molecule has 6 nitrogen and oxygen atoms in total. The highest BCUT2D eigenvalue weighted by Crippen LogP contribution is 2.53. The summed E-state index contributed by atoms with van der Waals surface area (Å²) in [6.45, 7) is 8.26. The molecule has 1 fully saturated rings. The van der Waals surface area contributed by atoms with Crippen LogP contribution in [0.4, 0.5) is 14.9 Å². The third-order valence-electron chi connectivity index (χ3n) is 5.83. The van der Waals surface area contributed by atoms with Gasteiger partial charge in [0.1, 0.15) is 5.82 Å².